The van der Waals surface area contributed by atoms with E-state index in [9.17, 15) is 0 Å². The van der Waals surface area contributed by atoms with Crippen molar-refractivity contribution in [2.75, 3.05) is 6.61 Å². The minimum atomic E-state index is 0. The molecule has 0 aliphatic rings. The van der Waals surface area contributed by atoms with Crippen LogP contribution in [0.2, 0.25) is 0 Å². The molecule has 0 saturated carbocycles. The van der Waals surface area contributed by atoms with Crippen molar-refractivity contribution in [2.24, 2.45) is 0 Å². The van der Waals surface area contributed by atoms with Crippen LogP contribution in [0.25, 0.3) is 16.9 Å². The van der Waals surface area contributed by atoms with Gasteiger partial charge in [-0.25, -0.2) is 4.98 Å². The topological polar surface area (TPSA) is 26.5 Å². The van der Waals surface area contributed by atoms with Crippen LogP contribution in [0.4, 0.5) is 0 Å². The lowest BCUT2D eigenvalue weighted by molar-refractivity contribution is 0.340. The predicted octanol–water partition coefficient (Wildman–Crippen LogP) is 4.02. The third-order valence-corrected chi connectivity index (χ3v) is 2.83. The van der Waals surface area contributed by atoms with Crippen molar-refractivity contribution in [3.8, 4) is 17.0 Å². The fraction of sp³-hybridized carbons (Fsp3) is 0.133. The van der Waals surface area contributed by atoms with Gasteiger partial charge in [0, 0.05) is 18.0 Å². The second-order valence-electron chi connectivity index (χ2n) is 4.05. The van der Waals surface area contributed by atoms with Gasteiger partial charge in [0.15, 0.2) is 0 Å². The number of nitrogens with zero attached hydrogens (tertiary/aromatic N) is 2. The van der Waals surface area contributed by atoms with Gasteiger partial charge in [0.1, 0.15) is 11.4 Å². The molecule has 0 radical (unpaired) electrons. The van der Waals surface area contributed by atoms with Crippen molar-refractivity contribution in [3.05, 3.63) is 54.9 Å². The Morgan fingerprint density at radius 2 is 1.89 bits per heavy atom. The van der Waals surface area contributed by atoms with Gasteiger partial charge in [-0.2, -0.15) is 0 Å². The van der Waals surface area contributed by atoms with E-state index >= 15 is 0 Å². The molecule has 3 rings (SSSR count). The Hall–Kier alpha value is -1.56. The first kappa shape index (κ1) is 13.9. The molecule has 0 aliphatic heterocycles. The zero-order valence-electron chi connectivity index (χ0n) is 10.6. The summed E-state index contributed by atoms with van der Waals surface area (Å²) < 4.78 is 7.45. The summed E-state index contributed by atoms with van der Waals surface area (Å²) in [6, 6.07) is 14.0. The van der Waals surface area contributed by atoms with Crippen molar-refractivity contribution in [1.29, 1.82) is 0 Å². The normalized spacial score (nSPS) is 10.2. The number of benzene rings is 1. The fourth-order valence-corrected chi connectivity index (χ4v) is 1.96. The molecule has 0 N–H and O–H groups in total. The van der Waals surface area contributed by atoms with E-state index in [0.717, 1.165) is 22.7 Å². The number of fused-ring (bicyclic) bond motifs is 1. The number of ether oxygens (including phenoxy) is 1. The second kappa shape index (κ2) is 6.06. The average Bonchev–Trinajstić information content (AvgIpc) is 2.84. The maximum atomic E-state index is 5.43. The predicted molar refractivity (Wildman–Crippen MR) is 87.2 cm³/mol. The monoisotopic (exact) mass is 366 g/mol. The molecule has 0 amide bonds. The Labute approximate surface area is 129 Å². The molecule has 0 bridgehead atoms. The van der Waals surface area contributed by atoms with Crippen LogP contribution < -0.4 is 4.74 Å². The van der Waals surface area contributed by atoms with Gasteiger partial charge in [-0.1, -0.05) is 6.07 Å². The third kappa shape index (κ3) is 2.89. The highest BCUT2D eigenvalue weighted by molar-refractivity contribution is 14.0. The number of rotatable bonds is 3. The minimum absolute atomic E-state index is 0. The van der Waals surface area contributed by atoms with Crippen LogP contribution in [0.15, 0.2) is 54.9 Å². The largest absolute Gasteiger partial charge is 0.494 e. The van der Waals surface area contributed by atoms with Crippen LogP contribution in [0, 0.1) is 0 Å². The number of hydrogen-bond donors (Lipinski definition) is 0. The zero-order chi connectivity index (χ0) is 12.4. The van der Waals surface area contributed by atoms with E-state index < -0.39 is 0 Å². The van der Waals surface area contributed by atoms with E-state index in [-0.39, 0.29) is 24.0 Å². The standard InChI is InChI=1S/C15H14N2O.HI/c1-2-18-13-8-6-12(7-9-13)14-11-17-10-4-3-5-15(17)16-14;/h3-11H,2H2,1H3;1H. The molecule has 0 saturated heterocycles. The summed E-state index contributed by atoms with van der Waals surface area (Å²) in [5.41, 5.74) is 3.03. The van der Waals surface area contributed by atoms with Crippen LogP contribution in [0.5, 0.6) is 5.75 Å². The van der Waals surface area contributed by atoms with Crippen LogP contribution >= 0.6 is 24.0 Å². The number of halogens is 1. The van der Waals surface area contributed by atoms with Crippen LogP contribution in [-0.4, -0.2) is 16.0 Å². The Morgan fingerprint density at radius 3 is 2.58 bits per heavy atom. The minimum Gasteiger partial charge on any atom is -0.494 e. The highest BCUT2D eigenvalue weighted by atomic mass is 127. The molecule has 2 aromatic heterocycles. The lowest BCUT2D eigenvalue weighted by atomic mass is 10.2. The lowest BCUT2D eigenvalue weighted by Gasteiger charge is -2.02. The van der Waals surface area contributed by atoms with Gasteiger partial charge in [0.25, 0.3) is 0 Å². The van der Waals surface area contributed by atoms with Crippen molar-refractivity contribution in [1.82, 2.24) is 9.38 Å². The number of aromatic nitrogens is 2. The molecule has 0 aliphatic carbocycles. The van der Waals surface area contributed by atoms with Crippen molar-refractivity contribution in [2.45, 2.75) is 6.92 Å². The first-order valence-corrected chi connectivity index (χ1v) is 6.04. The van der Waals surface area contributed by atoms with Crippen molar-refractivity contribution < 1.29 is 4.74 Å². The number of imidazole rings is 1. The van der Waals surface area contributed by atoms with E-state index in [1.165, 1.54) is 0 Å². The molecule has 19 heavy (non-hydrogen) atoms. The summed E-state index contributed by atoms with van der Waals surface area (Å²) in [6.45, 7) is 2.67. The Kier molecular flexibility index (Phi) is 4.42. The third-order valence-electron chi connectivity index (χ3n) is 2.83. The maximum Gasteiger partial charge on any atom is 0.137 e. The molecule has 0 unspecified atom stereocenters. The molecule has 0 spiro atoms. The number of hydrogen-bond acceptors (Lipinski definition) is 2. The van der Waals surface area contributed by atoms with Gasteiger partial charge in [0.05, 0.1) is 12.3 Å². The van der Waals surface area contributed by atoms with E-state index in [1.54, 1.807) is 0 Å². The summed E-state index contributed by atoms with van der Waals surface area (Å²) in [6.07, 6.45) is 4.03. The van der Waals surface area contributed by atoms with Crippen molar-refractivity contribution >= 4 is 29.6 Å². The van der Waals surface area contributed by atoms with E-state index in [2.05, 4.69) is 4.98 Å². The van der Waals surface area contributed by atoms with Gasteiger partial charge >= 0.3 is 0 Å². The summed E-state index contributed by atoms with van der Waals surface area (Å²) >= 11 is 0. The first-order valence-electron chi connectivity index (χ1n) is 6.04. The van der Waals surface area contributed by atoms with Gasteiger partial charge < -0.3 is 9.14 Å². The van der Waals surface area contributed by atoms with E-state index in [0.29, 0.717) is 6.61 Å². The molecule has 98 valence electrons. The quantitative estimate of drug-likeness (QED) is 0.655. The van der Waals surface area contributed by atoms with Gasteiger partial charge in [-0.3, -0.25) is 0 Å². The molecule has 0 atom stereocenters. The Balaban J connectivity index is 0.00000133. The van der Waals surface area contributed by atoms with E-state index in [1.807, 2.05) is 66.2 Å². The average molecular weight is 366 g/mol. The molecule has 0 fully saturated rings. The van der Waals surface area contributed by atoms with Crippen LogP contribution in [-0.2, 0) is 0 Å². The van der Waals surface area contributed by atoms with Gasteiger partial charge in [-0.15, -0.1) is 24.0 Å². The van der Waals surface area contributed by atoms with Crippen molar-refractivity contribution in [3.63, 3.8) is 0 Å². The molecule has 4 heteroatoms. The molecular weight excluding hydrogens is 351 g/mol. The molecular formula is C15H15IN2O. The van der Waals surface area contributed by atoms with E-state index in [4.69, 9.17) is 4.74 Å². The highest BCUT2D eigenvalue weighted by Gasteiger charge is 2.03. The van der Waals surface area contributed by atoms with Gasteiger partial charge in [0.2, 0.25) is 0 Å². The van der Waals surface area contributed by atoms with Crippen LogP contribution in [0.3, 0.4) is 0 Å². The maximum absolute atomic E-state index is 5.43. The zero-order valence-corrected chi connectivity index (χ0v) is 12.9. The Morgan fingerprint density at radius 1 is 1.11 bits per heavy atom. The molecule has 2 heterocycles. The summed E-state index contributed by atoms with van der Waals surface area (Å²) in [5, 5.41) is 0. The number of pyridine rings is 1. The smallest absolute Gasteiger partial charge is 0.137 e. The SMILES string of the molecule is CCOc1ccc(-c2cn3ccccc3n2)cc1.I. The summed E-state index contributed by atoms with van der Waals surface area (Å²) in [7, 11) is 0. The summed E-state index contributed by atoms with van der Waals surface area (Å²) in [5.74, 6) is 0.894. The fourth-order valence-electron chi connectivity index (χ4n) is 1.96. The first-order chi connectivity index (χ1) is 8.86. The van der Waals surface area contributed by atoms with Gasteiger partial charge in [-0.05, 0) is 43.3 Å². The summed E-state index contributed by atoms with van der Waals surface area (Å²) in [4.78, 5) is 4.58. The molecule has 1 aromatic carbocycles. The van der Waals surface area contributed by atoms with Crippen LogP contribution in [0.1, 0.15) is 6.92 Å². The molecule has 3 nitrogen and oxygen atoms in total. The molecule has 3 aromatic rings. The highest BCUT2D eigenvalue weighted by Crippen LogP contribution is 2.22. The second-order valence-corrected chi connectivity index (χ2v) is 4.05. The Bertz CT molecular complexity index is 628. The lowest BCUT2D eigenvalue weighted by Crippen LogP contribution is -1.90.